The lowest BCUT2D eigenvalue weighted by molar-refractivity contribution is 0.621. The van der Waals surface area contributed by atoms with Crippen molar-refractivity contribution in [3.05, 3.63) is 28.8 Å². The maximum atomic E-state index is 4.49. The first kappa shape index (κ1) is 11.2. The second-order valence-corrected chi connectivity index (χ2v) is 4.53. The van der Waals surface area contributed by atoms with Crippen LogP contribution in [-0.2, 0) is 13.0 Å². The van der Waals surface area contributed by atoms with Crippen LogP contribution in [-0.4, -0.2) is 26.7 Å². The van der Waals surface area contributed by atoms with Crippen molar-refractivity contribution < 1.29 is 0 Å². The molecule has 0 radical (unpaired) electrons. The number of rotatable bonds is 2. The number of fused-ring (bicyclic) bond motifs is 1. The average molecular weight is 244 g/mol. The highest BCUT2D eigenvalue weighted by atomic mass is 15.2. The van der Waals surface area contributed by atoms with Gasteiger partial charge in [-0.25, -0.2) is 9.97 Å². The van der Waals surface area contributed by atoms with Crippen LogP contribution in [0.15, 0.2) is 6.07 Å². The number of nitrogens with zero attached hydrogens (tertiary/aromatic N) is 3. The average Bonchev–Trinajstić information content (AvgIpc) is 2.74. The minimum absolute atomic E-state index is 0.784. The second kappa shape index (κ2) is 4.38. The smallest absolute Gasteiger partial charge is 0.153 e. The van der Waals surface area contributed by atoms with E-state index in [1.807, 2.05) is 19.9 Å². The predicted octanol–water partition coefficient (Wildman–Crippen LogP) is 1.21. The minimum Gasteiger partial charge on any atom is -0.323 e. The first-order chi connectivity index (χ1) is 8.72. The summed E-state index contributed by atoms with van der Waals surface area (Å²) in [6.07, 6.45) is 0.946. The van der Waals surface area contributed by atoms with Crippen molar-refractivity contribution in [2.24, 2.45) is 0 Å². The minimum atomic E-state index is 0.784. The van der Waals surface area contributed by atoms with Gasteiger partial charge in [0.15, 0.2) is 5.82 Å². The van der Waals surface area contributed by atoms with Crippen molar-refractivity contribution >= 4 is 11.6 Å². The quantitative estimate of drug-likeness (QED) is 0.740. The predicted molar refractivity (Wildman–Crippen MR) is 68.8 cm³/mol. The third-order valence-electron chi connectivity index (χ3n) is 3.00. The summed E-state index contributed by atoms with van der Waals surface area (Å²) in [4.78, 5) is 8.97. The molecule has 0 bridgehead atoms. The van der Waals surface area contributed by atoms with E-state index in [9.17, 15) is 0 Å². The Kier molecular flexibility index (Phi) is 2.71. The third-order valence-corrected chi connectivity index (χ3v) is 3.00. The second-order valence-electron chi connectivity index (χ2n) is 4.53. The number of H-pyrrole nitrogens is 1. The number of nitrogens with one attached hydrogen (secondary N) is 3. The summed E-state index contributed by atoms with van der Waals surface area (Å²) >= 11 is 0. The van der Waals surface area contributed by atoms with Gasteiger partial charge >= 0.3 is 0 Å². The van der Waals surface area contributed by atoms with Gasteiger partial charge in [-0.05, 0) is 26.8 Å². The molecule has 1 aliphatic heterocycles. The fraction of sp³-hybridized carbons (Fsp3) is 0.417. The van der Waals surface area contributed by atoms with Crippen molar-refractivity contribution in [1.29, 1.82) is 0 Å². The molecule has 6 heteroatoms. The monoisotopic (exact) mass is 244 g/mol. The van der Waals surface area contributed by atoms with Gasteiger partial charge in [-0.1, -0.05) is 0 Å². The maximum absolute atomic E-state index is 4.49. The number of aromatic amines is 1. The molecule has 0 atom stereocenters. The lowest BCUT2D eigenvalue weighted by atomic mass is 10.1. The molecule has 3 rings (SSSR count). The van der Waals surface area contributed by atoms with Crippen LogP contribution in [0.25, 0.3) is 0 Å². The van der Waals surface area contributed by atoms with Gasteiger partial charge in [0.1, 0.15) is 11.6 Å². The SMILES string of the molecule is Cc1nc2c(c(Nc3cc(C)[nH]n3)n1)CCNC2. The Labute approximate surface area is 105 Å². The first-order valence-electron chi connectivity index (χ1n) is 6.08. The fourth-order valence-corrected chi connectivity index (χ4v) is 2.19. The van der Waals surface area contributed by atoms with E-state index in [1.54, 1.807) is 0 Å². The summed E-state index contributed by atoms with van der Waals surface area (Å²) in [7, 11) is 0. The normalized spacial score (nSPS) is 14.3. The number of aryl methyl sites for hydroxylation is 2. The van der Waals surface area contributed by atoms with E-state index >= 15 is 0 Å². The Bertz CT molecular complexity index is 574. The fourth-order valence-electron chi connectivity index (χ4n) is 2.19. The lowest BCUT2D eigenvalue weighted by Crippen LogP contribution is -2.26. The first-order valence-corrected chi connectivity index (χ1v) is 6.08. The van der Waals surface area contributed by atoms with Crippen LogP contribution in [0.5, 0.6) is 0 Å². The van der Waals surface area contributed by atoms with Crippen molar-refractivity contribution in [3.63, 3.8) is 0 Å². The van der Waals surface area contributed by atoms with Crippen molar-refractivity contribution in [2.45, 2.75) is 26.8 Å². The van der Waals surface area contributed by atoms with Gasteiger partial charge < -0.3 is 10.6 Å². The lowest BCUT2D eigenvalue weighted by Gasteiger charge is -2.19. The van der Waals surface area contributed by atoms with Gasteiger partial charge in [0.2, 0.25) is 0 Å². The van der Waals surface area contributed by atoms with Gasteiger partial charge in [0.25, 0.3) is 0 Å². The number of anilines is 2. The standard InChI is InChI=1S/C12H16N6/c1-7-5-11(18-17-7)16-12-9-3-4-13-6-10(9)14-8(2)15-12/h5,13H,3-4,6H2,1-2H3,(H2,14,15,16,17,18). The summed E-state index contributed by atoms with van der Waals surface area (Å²) in [5.41, 5.74) is 3.31. The van der Waals surface area contributed by atoms with Crippen molar-refractivity contribution in [1.82, 2.24) is 25.5 Å². The third kappa shape index (κ3) is 2.06. The van der Waals surface area contributed by atoms with Gasteiger partial charge in [-0.15, -0.1) is 0 Å². The highest BCUT2D eigenvalue weighted by Crippen LogP contribution is 2.22. The molecule has 2 aromatic rings. The Morgan fingerprint density at radius 2 is 2.17 bits per heavy atom. The van der Waals surface area contributed by atoms with Crippen LogP contribution < -0.4 is 10.6 Å². The van der Waals surface area contributed by atoms with Gasteiger partial charge in [-0.2, -0.15) is 5.10 Å². The molecule has 0 aliphatic carbocycles. The van der Waals surface area contributed by atoms with E-state index in [1.165, 1.54) is 5.56 Å². The van der Waals surface area contributed by atoms with Gasteiger partial charge in [-0.3, -0.25) is 5.10 Å². The van der Waals surface area contributed by atoms with Crippen LogP contribution in [0, 0.1) is 13.8 Å². The molecule has 0 unspecified atom stereocenters. The Morgan fingerprint density at radius 1 is 1.28 bits per heavy atom. The van der Waals surface area contributed by atoms with E-state index in [0.29, 0.717) is 0 Å². The van der Waals surface area contributed by atoms with Crippen LogP contribution >= 0.6 is 0 Å². The summed E-state index contributed by atoms with van der Waals surface area (Å²) in [6.45, 7) is 5.67. The molecule has 0 saturated heterocycles. The molecule has 6 nitrogen and oxygen atoms in total. The molecular weight excluding hydrogens is 228 g/mol. The largest absolute Gasteiger partial charge is 0.323 e. The van der Waals surface area contributed by atoms with Crippen molar-refractivity contribution in [3.8, 4) is 0 Å². The van der Waals surface area contributed by atoms with E-state index in [-0.39, 0.29) is 0 Å². The molecular formula is C12H16N6. The maximum Gasteiger partial charge on any atom is 0.153 e. The van der Waals surface area contributed by atoms with Crippen LogP contribution in [0.2, 0.25) is 0 Å². The summed E-state index contributed by atoms with van der Waals surface area (Å²) < 4.78 is 0. The molecule has 0 fully saturated rings. The molecule has 0 amide bonds. The van der Waals surface area contributed by atoms with E-state index in [0.717, 1.165) is 48.4 Å². The molecule has 94 valence electrons. The molecule has 3 N–H and O–H groups in total. The summed E-state index contributed by atoms with van der Waals surface area (Å²) in [5.74, 6) is 2.46. The van der Waals surface area contributed by atoms with E-state index in [4.69, 9.17) is 0 Å². The van der Waals surface area contributed by atoms with E-state index < -0.39 is 0 Å². The summed E-state index contributed by atoms with van der Waals surface area (Å²) in [6, 6.07) is 1.96. The molecule has 0 saturated carbocycles. The van der Waals surface area contributed by atoms with Crippen molar-refractivity contribution in [2.75, 3.05) is 11.9 Å². The van der Waals surface area contributed by atoms with Gasteiger partial charge in [0, 0.05) is 23.9 Å². The Hall–Kier alpha value is -1.95. The molecule has 1 aliphatic rings. The Balaban J connectivity index is 1.98. The zero-order chi connectivity index (χ0) is 12.5. The van der Waals surface area contributed by atoms with Crippen LogP contribution in [0.3, 0.4) is 0 Å². The zero-order valence-electron chi connectivity index (χ0n) is 10.5. The number of aromatic nitrogens is 4. The molecule has 3 heterocycles. The highest BCUT2D eigenvalue weighted by Gasteiger charge is 2.16. The Morgan fingerprint density at radius 3 is 2.94 bits per heavy atom. The zero-order valence-corrected chi connectivity index (χ0v) is 10.5. The molecule has 18 heavy (non-hydrogen) atoms. The highest BCUT2D eigenvalue weighted by molar-refractivity contribution is 5.57. The topological polar surface area (TPSA) is 78.5 Å². The van der Waals surface area contributed by atoms with Crippen LogP contribution in [0.1, 0.15) is 22.8 Å². The van der Waals surface area contributed by atoms with E-state index in [2.05, 4.69) is 30.8 Å². The number of hydrogen-bond donors (Lipinski definition) is 3. The number of hydrogen-bond acceptors (Lipinski definition) is 5. The molecule has 0 aromatic carbocycles. The van der Waals surface area contributed by atoms with Gasteiger partial charge in [0.05, 0.1) is 5.69 Å². The molecule has 2 aromatic heterocycles. The molecule has 0 spiro atoms. The summed E-state index contributed by atoms with van der Waals surface area (Å²) in [5, 5.41) is 13.7. The van der Waals surface area contributed by atoms with Crippen LogP contribution in [0.4, 0.5) is 11.6 Å².